The maximum absolute atomic E-state index is 13.2. The summed E-state index contributed by atoms with van der Waals surface area (Å²) in [4.78, 5) is 29.0. The van der Waals surface area contributed by atoms with Crippen molar-refractivity contribution in [2.45, 2.75) is 45.6 Å². The predicted molar refractivity (Wildman–Crippen MR) is 116 cm³/mol. The Morgan fingerprint density at radius 1 is 1.14 bits per heavy atom. The summed E-state index contributed by atoms with van der Waals surface area (Å²) in [7, 11) is 1.81. The van der Waals surface area contributed by atoms with Crippen molar-refractivity contribution < 1.29 is 9.59 Å². The zero-order chi connectivity index (χ0) is 20.7. The number of amides is 3. The smallest absolute Gasteiger partial charge is 0.317 e. The van der Waals surface area contributed by atoms with Gasteiger partial charge in [-0.1, -0.05) is 45.0 Å². The summed E-state index contributed by atoms with van der Waals surface area (Å²) in [5.74, 6) is 0.606. The average Bonchev–Trinajstić information content (AvgIpc) is 2.71. The fourth-order valence-electron chi connectivity index (χ4n) is 4.72. The van der Waals surface area contributed by atoms with Crippen LogP contribution in [0.2, 0.25) is 0 Å². The van der Waals surface area contributed by atoms with Gasteiger partial charge in [-0.2, -0.15) is 0 Å². The molecule has 4 rings (SSSR count). The molecule has 0 saturated heterocycles. The Morgan fingerprint density at radius 3 is 2.66 bits per heavy atom. The minimum Gasteiger partial charge on any atom is -0.317 e. The van der Waals surface area contributed by atoms with Crippen molar-refractivity contribution in [2.24, 2.45) is 5.92 Å². The molecule has 3 amide bonds. The van der Waals surface area contributed by atoms with Gasteiger partial charge in [-0.05, 0) is 53.1 Å². The van der Waals surface area contributed by atoms with Gasteiger partial charge in [-0.3, -0.25) is 4.79 Å². The number of fused-ring (bicyclic) bond motifs is 2. The van der Waals surface area contributed by atoms with E-state index in [1.54, 1.807) is 4.90 Å². The van der Waals surface area contributed by atoms with Crippen LogP contribution < -0.4 is 10.2 Å². The van der Waals surface area contributed by atoms with Crippen molar-refractivity contribution in [3.63, 3.8) is 0 Å². The van der Waals surface area contributed by atoms with E-state index in [4.69, 9.17) is 0 Å². The van der Waals surface area contributed by atoms with Gasteiger partial charge in [0.15, 0.2) is 0 Å². The number of benzene rings is 2. The third kappa shape index (κ3) is 3.50. The number of anilines is 2. The monoisotopic (exact) mass is 391 g/mol. The van der Waals surface area contributed by atoms with Gasteiger partial charge in [0.1, 0.15) is 0 Å². The third-order valence-corrected chi connectivity index (χ3v) is 6.25. The van der Waals surface area contributed by atoms with Crippen LogP contribution in [-0.4, -0.2) is 30.4 Å². The number of hydrogen-bond acceptors (Lipinski definition) is 2. The highest BCUT2D eigenvalue weighted by Gasteiger charge is 2.33. The summed E-state index contributed by atoms with van der Waals surface area (Å²) in [6, 6.07) is 14.3. The summed E-state index contributed by atoms with van der Waals surface area (Å²) in [5.41, 5.74) is 5.41. The molecule has 0 aliphatic carbocycles. The Hall–Kier alpha value is -2.82. The minimum atomic E-state index is -0.0638. The quantitative estimate of drug-likeness (QED) is 0.788. The van der Waals surface area contributed by atoms with Gasteiger partial charge in [0, 0.05) is 31.4 Å². The first-order valence-corrected chi connectivity index (χ1v) is 10.4. The van der Waals surface area contributed by atoms with Gasteiger partial charge >= 0.3 is 6.03 Å². The van der Waals surface area contributed by atoms with Crippen molar-refractivity contribution in [1.29, 1.82) is 0 Å². The Kier molecular flexibility index (Phi) is 5.07. The molecule has 2 atom stereocenters. The van der Waals surface area contributed by atoms with E-state index >= 15 is 0 Å². The molecule has 0 bridgehead atoms. The first kappa shape index (κ1) is 19.5. The lowest BCUT2D eigenvalue weighted by Crippen LogP contribution is -2.44. The van der Waals surface area contributed by atoms with Gasteiger partial charge in [-0.15, -0.1) is 0 Å². The Balaban J connectivity index is 1.58. The van der Waals surface area contributed by atoms with Crippen molar-refractivity contribution in [3.8, 4) is 0 Å². The molecule has 2 aromatic rings. The lowest BCUT2D eigenvalue weighted by molar-refractivity contribution is -0.119. The fraction of sp³-hybridized carbons (Fsp3) is 0.417. The van der Waals surface area contributed by atoms with Crippen molar-refractivity contribution >= 4 is 23.3 Å². The molecule has 152 valence electrons. The van der Waals surface area contributed by atoms with Crippen LogP contribution in [0.25, 0.3) is 0 Å². The summed E-state index contributed by atoms with van der Waals surface area (Å²) in [6.07, 6.45) is 1.38. The minimum absolute atomic E-state index is 0.0638. The van der Waals surface area contributed by atoms with Crippen LogP contribution in [0.4, 0.5) is 16.2 Å². The van der Waals surface area contributed by atoms with Crippen LogP contribution in [0.1, 0.15) is 55.8 Å². The lowest BCUT2D eigenvalue weighted by Gasteiger charge is -2.39. The number of hydrogen-bond donors (Lipinski definition) is 1. The van der Waals surface area contributed by atoms with Gasteiger partial charge in [-0.25, -0.2) is 4.79 Å². The third-order valence-electron chi connectivity index (χ3n) is 6.25. The second-order valence-corrected chi connectivity index (χ2v) is 8.59. The van der Waals surface area contributed by atoms with Crippen LogP contribution in [0, 0.1) is 5.92 Å². The van der Waals surface area contributed by atoms with Gasteiger partial charge in [0.05, 0.1) is 6.04 Å². The Morgan fingerprint density at radius 2 is 1.90 bits per heavy atom. The molecule has 2 aliphatic rings. The van der Waals surface area contributed by atoms with Gasteiger partial charge in [0.25, 0.3) is 0 Å². The summed E-state index contributed by atoms with van der Waals surface area (Å²) in [5, 5.41) is 3.11. The van der Waals surface area contributed by atoms with Crippen molar-refractivity contribution in [2.75, 3.05) is 23.8 Å². The van der Waals surface area contributed by atoms with E-state index in [0.717, 1.165) is 23.4 Å². The second kappa shape index (κ2) is 7.54. The highest BCUT2D eigenvalue weighted by Crippen LogP contribution is 2.38. The largest absolute Gasteiger partial charge is 0.322 e. The Bertz CT molecular complexity index is 953. The molecule has 0 saturated carbocycles. The molecule has 0 aromatic heterocycles. The molecule has 5 nitrogen and oxygen atoms in total. The molecule has 2 unspecified atom stereocenters. The number of carbonyl (C=O) groups is 2. The van der Waals surface area contributed by atoms with E-state index in [1.807, 2.05) is 30.1 Å². The van der Waals surface area contributed by atoms with Gasteiger partial charge in [0.2, 0.25) is 5.91 Å². The molecule has 5 heteroatoms. The summed E-state index contributed by atoms with van der Waals surface area (Å²) in [6.45, 7) is 7.11. The molecular weight excluding hydrogens is 362 g/mol. The van der Waals surface area contributed by atoms with E-state index in [1.165, 1.54) is 11.1 Å². The van der Waals surface area contributed by atoms with Crippen LogP contribution in [0.5, 0.6) is 0 Å². The molecule has 2 aromatic carbocycles. The van der Waals surface area contributed by atoms with Crippen molar-refractivity contribution in [3.05, 3.63) is 59.2 Å². The highest BCUT2D eigenvalue weighted by molar-refractivity contribution is 5.97. The van der Waals surface area contributed by atoms with E-state index in [2.05, 4.69) is 50.4 Å². The van der Waals surface area contributed by atoms with Crippen molar-refractivity contribution in [1.82, 2.24) is 4.90 Å². The van der Waals surface area contributed by atoms with Crippen LogP contribution in [0.15, 0.2) is 42.5 Å². The topological polar surface area (TPSA) is 52.7 Å². The zero-order valence-corrected chi connectivity index (χ0v) is 17.6. The molecule has 29 heavy (non-hydrogen) atoms. The highest BCUT2D eigenvalue weighted by atomic mass is 16.2. The maximum atomic E-state index is 13.2. The number of nitrogens with zero attached hydrogens (tertiary/aromatic N) is 2. The predicted octanol–water partition coefficient (Wildman–Crippen LogP) is 4.94. The molecule has 2 heterocycles. The van der Waals surface area contributed by atoms with E-state index in [9.17, 15) is 9.59 Å². The second-order valence-electron chi connectivity index (χ2n) is 8.59. The normalized spacial score (nSPS) is 21.1. The molecular formula is C24H29N3O2. The number of rotatable bonds is 2. The van der Waals surface area contributed by atoms with Crippen LogP contribution in [-0.2, 0) is 11.2 Å². The first-order chi connectivity index (χ1) is 13.9. The van der Waals surface area contributed by atoms with E-state index in [0.29, 0.717) is 18.9 Å². The SMILES string of the molecule is CC1CC(=O)N(C)c2ccc(NC(=O)N3CCc4ccccc4C3C(C)C)cc21. The number of nitrogens with one attached hydrogen (secondary N) is 1. The van der Waals surface area contributed by atoms with E-state index in [-0.39, 0.29) is 23.9 Å². The molecule has 2 aliphatic heterocycles. The zero-order valence-electron chi connectivity index (χ0n) is 17.6. The van der Waals surface area contributed by atoms with Gasteiger partial charge < -0.3 is 15.1 Å². The molecule has 0 radical (unpaired) electrons. The summed E-state index contributed by atoms with van der Waals surface area (Å²) < 4.78 is 0. The van der Waals surface area contributed by atoms with Crippen LogP contribution >= 0.6 is 0 Å². The lowest BCUT2D eigenvalue weighted by atomic mass is 9.86. The number of carbonyl (C=O) groups excluding carboxylic acids is 2. The molecule has 1 N–H and O–H groups in total. The Labute approximate surface area is 172 Å². The molecule has 0 fully saturated rings. The number of urea groups is 1. The molecule has 0 spiro atoms. The van der Waals surface area contributed by atoms with Crippen LogP contribution in [0.3, 0.4) is 0 Å². The van der Waals surface area contributed by atoms with E-state index < -0.39 is 0 Å². The standard InChI is InChI=1S/C24H29N3O2/c1-15(2)23-19-8-6-5-7-17(19)11-12-27(23)24(29)25-18-9-10-21-20(14-18)16(3)13-22(28)26(21)4/h5-10,14-16,23H,11-13H2,1-4H3,(H,25,29). The average molecular weight is 392 g/mol. The first-order valence-electron chi connectivity index (χ1n) is 10.4. The summed E-state index contributed by atoms with van der Waals surface area (Å²) >= 11 is 0. The maximum Gasteiger partial charge on any atom is 0.322 e. The fourth-order valence-corrected chi connectivity index (χ4v) is 4.72.